The van der Waals surface area contributed by atoms with Gasteiger partial charge in [-0.1, -0.05) is 30.3 Å². The third-order valence-electron chi connectivity index (χ3n) is 4.29. The Bertz CT molecular complexity index is 835. The van der Waals surface area contributed by atoms with Crippen LogP contribution in [0.3, 0.4) is 0 Å². The molecule has 4 heteroatoms. The summed E-state index contributed by atoms with van der Waals surface area (Å²) in [5.41, 5.74) is 1.83. The lowest BCUT2D eigenvalue weighted by molar-refractivity contribution is 0.421. The maximum Gasteiger partial charge on any atom is 0.254 e. The largest absolute Gasteiger partial charge is 0.508 e. The van der Waals surface area contributed by atoms with E-state index in [1.165, 1.54) is 11.6 Å². The lowest BCUT2D eigenvalue weighted by atomic mass is 9.93. The summed E-state index contributed by atoms with van der Waals surface area (Å²) in [4.78, 5) is 12.1. The molecule has 2 aromatic heterocycles. The number of pyridine rings is 1. The lowest BCUT2D eigenvalue weighted by Gasteiger charge is -2.17. The number of furan rings is 1. The van der Waals surface area contributed by atoms with E-state index >= 15 is 0 Å². The highest BCUT2D eigenvalue weighted by Gasteiger charge is 2.16. The summed E-state index contributed by atoms with van der Waals surface area (Å²) in [6, 6.07) is 17.0. The molecule has 1 unspecified atom stereocenters. The summed E-state index contributed by atoms with van der Waals surface area (Å²) in [7, 11) is 0. The molecule has 0 radical (unpaired) electrons. The average molecular weight is 323 g/mol. The predicted molar refractivity (Wildman–Crippen MR) is 93.3 cm³/mol. The zero-order valence-corrected chi connectivity index (χ0v) is 13.7. The number of benzene rings is 1. The Balaban J connectivity index is 1.79. The van der Waals surface area contributed by atoms with Gasteiger partial charge < -0.3 is 14.1 Å². The van der Waals surface area contributed by atoms with E-state index in [2.05, 4.69) is 12.1 Å². The minimum atomic E-state index is -0.176. The van der Waals surface area contributed by atoms with Crippen LogP contribution in [0.1, 0.15) is 29.4 Å². The second-order valence-electron chi connectivity index (χ2n) is 6.04. The summed E-state index contributed by atoms with van der Waals surface area (Å²) >= 11 is 0. The molecule has 0 bridgehead atoms. The Kier molecular flexibility index (Phi) is 4.85. The number of aromatic nitrogens is 1. The van der Waals surface area contributed by atoms with Crippen molar-refractivity contribution < 1.29 is 9.52 Å². The van der Waals surface area contributed by atoms with Gasteiger partial charge >= 0.3 is 0 Å². The van der Waals surface area contributed by atoms with E-state index in [0.717, 1.165) is 24.3 Å². The lowest BCUT2D eigenvalue weighted by Crippen LogP contribution is -2.22. The zero-order valence-electron chi connectivity index (χ0n) is 13.7. The minimum absolute atomic E-state index is 0.0145. The van der Waals surface area contributed by atoms with Crippen molar-refractivity contribution in [1.82, 2.24) is 4.57 Å². The van der Waals surface area contributed by atoms with Gasteiger partial charge in [0, 0.05) is 24.2 Å². The molecule has 3 aromatic rings. The van der Waals surface area contributed by atoms with Crippen molar-refractivity contribution in [3.63, 3.8) is 0 Å². The summed E-state index contributed by atoms with van der Waals surface area (Å²) in [6.45, 7) is 2.42. The topological polar surface area (TPSA) is 55.4 Å². The van der Waals surface area contributed by atoms with Crippen LogP contribution in [0.15, 0.2) is 70.1 Å². The molecule has 0 amide bonds. The van der Waals surface area contributed by atoms with E-state index in [4.69, 9.17) is 4.42 Å². The first-order valence-electron chi connectivity index (χ1n) is 8.11. The summed E-state index contributed by atoms with van der Waals surface area (Å²) in [6.07, 6.45) is 3.33. The molecule has 0 saturated heterocycles. The highest BCUT2D eigenvalue weighted by molar-refractivity contribution is 5.22. The van der Waals surface area contributed by atoms with Crippen LogP contribution in [0.5, 0.6) is 5.75 Å². The van der Waals surface area contributed by atoms with Crippen LogP contribution in [0.25, 0.3) is 0 Å². The third kappa shape index (κ3) is 3.77. The Morgan fingerprint density at radius 1 is 1.12 bits per heavy atom. The first kappa shape index (κ1) is 16.1. The molecule has 3 rings (SSSR count). The Hall–Kier alpha value is -2.75. The highest BCUT2D eigenvalue weighted by Crippen LogP contribution is 2.25. The van der Waals surface area contributed by atoms with Crippen LogP contribution in [-0.4, -0.2) is 9.67 Å². The Labute approximate surface area is 141 Å². The van der Waals surface area contributed by atoms with Gasteiger partial charge in [0.1, 0.15) is 11.5 Å². The molecular formula is C20H21NO3. The van der Waals surface area contributed by atoms with Gasteiger partial charge in [0.15, 0.2) is 0 Å². The second kappa shape index (κ2) is 7.21. The molecule has 0 spiro atoms. The molecule has 4 nitrogen and oxygen atoms in total. The molecule has 1 aromatic carbocycles. The number of aromatic hydroxyl groups is 1. The maximum atomic E-state index is 12.1. The van der Waals surface area contributed by atoms with E-state index in [9.17, 15) is 9.90 Å². The van der Waals surface area contributed by atoms with Gasteiger partial charge in [-0.05, 0) is 43.5 Å². The van der Waals surface area contributed by atoms with Gasteiger partial charge in [0.2, 0.25) is 0 Å². The molecule has 0 saturated carbocycles. The molecule has 1 N–H and O–H groups in total. The van der Waals surface area contributed by atoms with E-state index in [1.807, 2.05) is 37.3 Å². The average Bonchev–Trinajstić information content (AvgIpc) is 3.08. The van der Waals surface area contributed by atoms with Crippen LogP contribution < -0.4 is 5.56 Å². The fourth-order valence-electron chi connectivity index (χ4n) is 3.05. The Morgan fingerprint density at radius 2 is 1.92 bits per heavy atom. The SMILES string of the molecule is Cc1cc(O)cc(=O)n1CCC(Cc1ccccc1)c1ccco1. The summed E-state index contributed by atoms with van der Waals surface area (Å²) in [5, 5.41) is 9.51. The molecule has 2 heterocycles. The number of rotatable bonds is 6. The van der Waals surface area contributed by atoms with E-state index < -0.39 is 0 Å². The van der Waals surface area contributed by atoms with Crippen molar-refractivity contribution in [1.29, 1.82) is 0 Å². The Morgan fingerprint density at radius 3 is 2.58 bits per heavy atom. The number of aryl methyl sites for hydroxylation is 1. The van der Waals surface area contributed by atoms with Gasteiger partial charge in [-0.15, -0.1) is 0 Å². The quantitative estimate of drug-likeness (QED) is 0.749. The van der Waals surface area contributed by atoms with Crippen LogP contribution in [0.4, 0.5) is 0 Å². The number of hydrogen-bond acceptors (Lipinski definition) is 3. The fraction of sp³-hybridized carbons (Fsp3) is 0.250. The van der Waals surface area contributed by atoms with Crippen molar-refractivity contribution in [3.8, 4) is 5.75 Å². The van der Waals surface area contributed by atoms with Crippen molar-refractivity contribution >= 4 is 0 Å². The van der Waals surface area contributed by atoms with Crippen molar-refractivity contribution in [2.45, 2.75) is 32.2 Å². The smallest absolute Gasteiger partial charge is 0.254 e. The molecule has 24 heavy (non-hydrogen) atoms. The first-order chi connectivity index (χ1) is 11.6. The molecule has 0 aliphatic carbocycles. The first-order valence-corrected chi connectivity index (χ1v) is 8.11. The fourth-order valence-corrected chi connectivity index (χ4v) is 3.05. The molecule has 0 fully saturated rings. The van der Waals surface area contributed by atoms with Crippen molar-refractivity contribution in [2.75, 3.05) is 0 Å². The third-order valence-corrected chi connectivity index (χ3v) is 4.29. The summed E-state index contributed by atoms with van der Waals surface area (Å²) < 4.78 is 7.30. The number of nitrogens with zero attached hydrogens (tertiary/aromatic N) is 1. The van der Waals surface area contributed by atoms with E-state index in [-0.39, 0.29) is 17.2 Å². The zero-order chi connectivity index (χ0) is 16.9. The van der Waals surface area contributed by atoms with Crippen LogP contribution in [0.2, 0.25) is 0 Å². The van der Waals surface area contributed by atoms with Crippen LogP contribution >= 0.6 is 0 Å². The van der Waals surface area contributed by atoms with Gasteiger partial charge in [-0.2, -0.15) is 0 Å². The van der Waals surface area contributed by atoms with E-state index in [0.29, 0.717) is 6.54 Å². The maximum absolute atomic E-state index is 12.1. The van der Waals surface area contributed by atoms with Crippen LogP contribution in [0, 0.1) is 6.92 Å². The van der Waals surface area contributed by atoms with Gasteiger partial charge in [-0.25, -0.2) is 0 Å². The summed E-state index contributed by atoms with van der Waals surface area (Å²) in [5.74, 6) is 1.14. The predicted octanol–water partition coefficient (Wildman–Crippen LogP) is 3.87. The van der Waals surface area contributed by atoms with Gasteiger partial charge in [-0.3, -0.25) is 4.79 Å². The molecule has 1 atom stereocenters. The molecule has 0 aliphatic heterocycles. The van der Waals surface area contributed by atoms with Crippen molar-refractivity contribution in [3.05, 3.63) is 88.2 Å². The number of hydrogen-bond donors (Lipinski definition) is 1. The van der Waals surface area contributed by atoms with Crippen LogP contribution in [-0.2, 0) is 13.0 Å². The molecule has 124 valence electrons. The highest BCUT2D eigenvalue weighted by atomic mass is 16.3. The normalized spacial score (nSPS) is 12.2. The standard InChI is InChI=1S/C20H21NO3/c1-15-12-18(22)14-20(23)21(15)10-9-17(19-8-5-11-24-19)13-16-6-3-2-4-7-16/h2-8,11-12,14,17,22H,9-10,13H2,1H3. The van der Waals surface area contributed by atoms with Crippen molar-refractivity contribution in [2.24, 2.45) is 0 Å². The monoisotopic (exact) mass is 323 g/mol. The molecular weight excluding hydrogens is 302 g/mol. The second-order valence-corrected chi connectivity index (χ2v) is 6.04. The minimum Gasteiger partial charge on any atom is -0.508 e. The van der Waals surface area contributed by atoms with Gasteiger partial charge in [0.05, 0.1) is 6.26 Å². The molecule has 0 aliphatic rings. The van der Waals surface area contributed by atoms with Gasteiger partial charge in [0.25, 0.3) is 5.56 Å². The van der Waals surface area contributed by atoms with E-state index in [1.54, 1.807) is 16.9 Å².